The molecule has 0 fully saturated rings. The lowest BCUT2D eigenvalue weighted by molar-refractivity contribution is 0.204. The zero-order valence-electron chi connectivity index (χ0n) is 5.63. The molecule has 1 N–H and O–H groups in total. The Balaban J connectivity index is 3.49. The van der Waals surface area contributed by atoms with Gasteiger partial charge >= 0.3 is 0 Å². The standard InChI is InChI=1S/C4H10ClNO3S/c1-9-3-2-6-10(7,8)4-5/h6H,2-4H2,1H3. The molecule has 4 nitrogen and oxygen atoms in total. The summed E-state index contributed by atoms with van der Waals surface area (Å²) >= 11 is 5.08. The molecule has 0 amide bonds. The number of nitrogens with one attached hydrogen (secondary N) is 1. The molecule has 0 aliphatic carbocycles. The van der Waals surface area contributed by atoms with E-state index in [-0.39, 0.29) is 6.54 Å². The fourth-order valence-electron chi connectivity index (χ4n) is 0.338. The molecular formula is C4H10ClNO3S. The number of halogens is 1. The van der Waals surface area contributed by atoms with Crippen LogP contribution in [0.4, 0.5) is 0 Å². The maximum absolute atomic E-state index is 10.6. The van der Waals surface area contributed by atoms with Gasteiger partial charge in [0.2, 0.25) is 10.0 Å². The molecule has 0 aromatic carbocycles. The van der Waals surface area contributed by atoms with Crippen LogP contribution in [0.3, 0.4) is 0 Å². The van der Waals surface area contributed by atoms with Crippen LogP contribution in [-0.2, 0) is 14.8 Å². The summed E-state index contributed by atoms with van der Waals surface area (Å²) in [6.07, 6.45) is 0. The molecule has 0 rings (SSSR count). The van der Waals surface area contributed by atoms with E-state index >= 15 is 0 Å². The van der Waals surface area contributed by atoms with Crippen molar-refractivity contribution in [3.05, 3.63) is 0 Å². The third-order valence-corrected chi connectivity index (χ3v) is 2.56. The van der Waals surface area contributed by atoms with Gasteiger partial charge in [0, 0.05) is 13.7 Å². The Morgan fingerprint density at radius 3 is 2.60 bits per heavy atom. The molecule has 0 spiro atoms. The van der Waals surface area contributed by atoms with Crippen LogP contribution in [-0.4, -0.2) is 33.9 Å². The third-order valence-electron chi connectivity index (χ3n) is 0.772. The molecule has 0 aliphatic heterocycles. The van der Waals surface area contributed by atoms with Crippen LogP contribution >= 0.6 is 11.6 Å². The number of ether oxygens (including phenoxy) is 1. The van der Waals surface area contributed by atoms with Gasteiger partial charge in [0.25, 0.3) is 0 Å². The highest BCUT2D eigenvalue weighted by Gasteiger charge is 2.04. The Hall–Kier alpha value is 0.160. The minimum atomic E-state index is -3.26. The lowest BCUT2D eigenvalue weighted by atomic mass is 10.7. The molecule has 0 saturated carbocycles. The molecule has 0 heterocycles. The van der Waals surface area contributed by atoms with Crippen LogP contribution in [0.25, 0.3) is 0 Å². The molecule has 10 heavy (non-hydrogen) atoms. The second-order valence-corrected chi connectivity index (χ2v) is 4.00. The number of hydrogen-bond donors (Lipinski definition) is 1. The lowest BCUT2D eigenvalue weighted by Crippen LogP contribution is -2.27. The van der Waals surface area contributed by atoms with Crippen molar-refractivity contribution in [2.24, 2.45) is 0 Å². The number of alkyl halides is 1. The first kappa shape index (κ1) is 10.2. The van der Waals surface area contributed by atoms with Crippen molar-refractivity contribution in [1.82, 2.24) is 4.72 Å². The van der Waals surface area contributed by atoms with Crippen molar-refractivity contribution < 1.29 is 13.2 Å². The topological polar surface area (TPSA) is 55.4 Å². The molecule has 0 bridgehead atoms. The van der Waals surface area contributed by atoms with Gasteiger partial charge in [0.05, 0.1) is 6.61 Å². The number of methoxy groups -OCH3 is 1. The van der Waals surface area contributed by atoms with Gasteiger partial charge in [-0.3, -0.25) is 0 Å². The first-order valence-electron chi connectivity index (χ1n) is 2.64. The molecule has 0 aromatic heterocycles. The molecule has 0 aromatic rings. The molecule has 0 aliphatic rings. The van der Waals surface area contributed by atoms with E-state index in [1.54, 1.807) is 0 Å². The van der Waals surface area contributed by atoms with E-state index < -0.39 is 15.2 Å². The van der Waals surface area contributed by atoms with Crippen molar-refractivity contribution in [2.45, 2.75) is 0 Å². The van der Waals surface area contributed by atoms with Crippen molar-refractivity contribution in [1.29, 1.82) is 0 Å². The molecule has 62 valence electrons. The van der Waals surface area contributed by atoms with Gasteiger partial charge in [0.15, 0.2) is 0 Å². The summed E-state index contributed by atoms with van der Waals surface area (Å²) in [7, 11) is -1.76. The molecule has 0 atom stereocenters. The zero-order chi connectivity index (χ0) is 8.04. The Bertz CT molecular complexity index is 167. The Labute approximate surface area is 65.6 Å². The normalized spacial score (nSPS) is 11.8. The highest BCUT2D eigenvalue weighted by Crippen LogP contribution is 1.85. The van der Waals surface area contributed by atoms with Crippen LogP contribution in [0.15, 0.2) is 0 Å². The fraction of sp³-hybridized carbons (Fsp3) is 1.00. The molecular weight excluding hydrogens is 178 g/mol. The van der Waals surface area contributed by atoms with Crippen molar-refractivity contribution in [2.75, 3.05) is 25.5 Å². The first-order valence-corrected chi connectivity index (χ1v) is 4.83. The molecule has 0 unspecified atom stereocenters. The van der Waals surface area contributed by atoms with Gasteiger partial charge in [-0.15, -0.1) is 11.6 Å². The van der Waals surface area contributed by atoms with E-state index in [1.807, 2.05) is 0 Å². The highest BCUT2D eigenvalue weighted by molar-refractivity contribution is 7.90. The van der Waals surface area contributed by atoms with Gasteiger partial charge in [-0.05, 0) is 0 Å². The monoisotopic (exact) mass is 187 g/mol. The van der Waals surface area contributed by atoms with Gasteiger partial charge in [0.1, 0.15) is 5.21 Å². The Kier molecular flexibility index (Phi) is 4.98. The summed E-state index contributed by atoms with van der Waals surface area (Å²) in [6, 6.07) is 0. The predicted molar refractivity (Wildman–Crippen MR) is 39.5 cm³/mol. The Morgan fingerprint density at radius 2 is 2.20 bits per heavy atom. The van der Waals surface area contributed by atoms with E-state index in [0.29, 0.717) is 6.61 Å². The second-order valence-electron chi connectivity index (χ2n) is 1.61. The number of hydrogen-bond acceptors (Lipinski definition) is 3. The van der Waals surface area contributed by atoms with Crippen LogP contribution in [0.2, 0.25) is 0 Å². The average Bonchev–Trinajstić information content (AvgIpc) is 1.89. The summed E-state index contributed by atoms with van der Waals surface area (Å²) in [5.74, 6) is 0. The minimum absolute atomic E-state index is 0.269. The molecule has 6 heteroatoms. The summed E-state index contributed by atoms with van der Waals surface area (Å²) in [5.41, 5.74) is 0. The van der Waals surface area contributed by atoms with Gasteiger partial charge in [-0.1, -0.05) is 0 Å². The lowest BCUT2D eigenvalue weighted by Gasteiger charge is -2.00. The maximum atomic E-state index is 10.6. The van der Waals surface area contributed by atoms with Crippen LogP contribution in [0.1, 0.15) is 0 Å². The predicted octanol–water partition coefficient (Wildman–Crippen LogP) is -0.252. The fourth-order valence-corrected chi connectivity index (χ4v) is 1.04. The smallest absolute Gasteiger partial charge is 0.225 e. The molecule has 0 radical (unpaired) electrons. The zero-order valence-corrected chi connectivity index (χ0v) is 7.20. The quantitative estimate of drug-likeness (QED) is 0.477. The van der Waals surface area contributed by atoms with E-state index in [0.717, 1.165) is 0 Å². The van der Waals surface area contributed by atoms with Crippen LogP contribution < -0.4 is 4.72 Å². The summed E-state index contributed by atoms with van der Waals surface area (Å²) in [5, 5.41) is -0.406. The van der Waals surface area contributed by atoms with Crippen LogP contribution in [0.5, 0.6) is 0 Å². The summed E-state index contributed by atoms with van der Waals surface area (Å²) in [4.78, 5) is 0. The average molecular weight is 188 g/mol. The Morgan fingerprint density at radius 1 is 1.60 bits per heavy atom. The van der Waals surface area contributed by atoms with Crippen molar-refractivity contribution in [3.8, 4) is 0 Å². The SMILES string of the molecule is COCCNS(=O)(=O)CCl. The van der Waals surface area contributed by atoms with Crippen LogP contribution in [0, 0.1) is 0 Å². The summed E-state index contributed by atoms with van der Waals surface area (Å²) in [6.45, 7) is 0.627. The van der Waals surface area contributed by atoms with Gasteiger partial charge < -0.3 is 4.74 Å². The van der Waals surface area contributed by atoms with Gasteiger partial charge in [-0.25, -0.2) is 13.1 Å². The van der Waals surface area contributed by atoms with Crippen molar-refractivity contribution in [3.63, 3.8) is 0 Å². The highest BCUT2D eigenvalue weighted by atomic mass is 35.5. The number of rotatable bonds is 5. The summed E-state index contributed by atoms with van der Waals surface area (Å²) < 4.78 is 28.0. The van der Waals surface area contributed by atoms with Gasteiger partial charge in [-0.2, -0.15) is 0 Å². The second kappa shape index (κ2) is 4.90. The number of sulfonamides is 1. The van der Waals surface area contributed by atoms with E-state index in [2.05, 4.69) is 9.46 Å². The minimum Gasteiger partial charge on any atom is -0.383 e. The first-order chi connectivity index (χ1) is 4.62. The maximum Gasteiger partial charge on any atom is 0.225 e. The van der Waals surface area contributed by atoms with E-state index in [9.17, 15) is 8.42 Å². The largest absolute Gasteiger partial charge is 0.383 e. The van der Waals surface area contributed by atoms with Crippen molar-refractivity contribution >= 4 is 21.6 Å². The molecule has 0 saturated heterocycles. The van der Waals surface area contributed by atoms with E-state index in [1.165, 1.54) is 7.11 Å². The van der Waals surface area contributed by atoms with E-state index in [4.69, 9.17) is 11.6 Å². The third kappa shape index (κ3) is 4.99.